The van der Waals surface area contributed by atoms with Crippen LogP contribution >= 0.6 is 23.2 Å². The number of methoxy groups -OCH3 is 1. The molecular formula is C38H30Cl2N4O7S2. The van der Waals surface area contributed by atoms with E-state index in [2.05, 4.69) is 19.4 Å². The average molecular weight is 790 g/mol. The van der Waals surface area contributed by atoms with E-state index in [-0.39, 0.29) is 43.7 Å². The minimum atomic E-state index is -3.91. The molecule has 2 heterocycles. The fourth-order valence-corrected chi connectivity index (χ4v) is 7.24. The second-order valence-electron chi connectivity index (χ2n) is 11.2. The van der Waals surface area contributed by atoms with Crippen LogP contribution in [0.25, 0.3) is 0 Å². The molecule has 0 saturated carbocycles. The number of aryl methyl sites for hydroxylation is 1. The van der Waals surface area contributed by atoms with Crippen molar-refractivity contribution in [1.29, 1.82) is 0 Å². The number of sulfonamides is 2. The SMILES string of the molecule is COc1ccc(S(=O)(=O)Nc2ccc(Cl)cc2C(=O)c2ccccn2)cc1.Cc1ccc(S(=O)(=O)Nc2ccc(Cl)cc2C(=O)c2ccccn2)cc1. The number of ether oxygens (including phenoxy) is 1. The third-order valence-electron chi connectivity index (χ3n) is 7.44. The Balaban J connectivity index is 0.000000204. The molecule has 2 N–H and O–H groups in total. The molecule has 0 amide bonds. The Hall–Kier alpha value is -5.60. The predicted molar refractivity (Wildman–Crippen MR) is 204 cm³/mol. The van der Waals surface area contributed by atoms with Gasteiger partial charge in [-0.1, -0.05) is 53.0 Å². The van der Waals surface area contributed by atoms with E-state index in [0.717, 1.165) is 5.56 Å². The number of carbonyl (C=O) groups excluding carboxylic acids is 2. The number of rotatable bonds is 11. The molecule has 0 spiro atoms. The first-order chi connectivity index (χ1) is 25.3. The van der Waals surface area contributed by atoms with E-state index in [1.807, 2.05) is 6.92 Å². The number of halogens is 2. The zero-order valence-electron chi connectivity index (χ0n) is 28.0. The Morgan fingerprint density at radius 2 is 1.00 bits per heavy atom. The third-order valence-corrected chi connectivity index (χ3v) is 10.7. The summed E-state index contributed by atoms with van der Waals surface area (Å²) in [5.74, 6) is -0.327. The normalized spacial score (nSPS) is 11.1. The van der Waals surface area contributed by atoms with Crippen molar-refractivity contribution < 1.29 is 31.2 Å². The first-order valence-electron chi connectivity index (χ1n) is 15.5. The van der Waals surface area contributed by atoms with Crippen LogP contribution in [-0.4, -0.2) is 45.5 Å². The lowest BCUT2D eigenvalue weighted by Gasteiger charge is -2.13. The molecule has 0 saturated heterocycles. The van der Waals surface area contributed by atoms with Crippen LogP contribution in [0.3, 0.4) is 0 Å². The highest BCUT2D eigenvalue weighted by molar-refractivity contribution is 7.93. The van der Waals surface area contributed by atoms with Crippen LogP contribution in [0.4, 0.5) is 11.4 Å². The molecule has 0 aliphatic heterocycles. The highest BCUT2D eigenvalue weighted by Crippen LogP contribution is 2.28. The highest BCUT2D eigenvalue weighted by atomic mass is 35.5. The number of nitrogens with zero attached hydrogens (tertiary/aromatic N) is 2. The van der Waals surface area contributed by atoms with Crippen LogP contribution in [0, 0.1) is 6.92 Å². The van der Waals surface area contributed by atoms with E-state index in [9.17, 15) is 26.4 Å². The molecule has 0 radical (unpaired) electrons. The lowest BCUT2D eigenvalue weighted by atomic mass is 10.1. The van der Waals surface area contributed by atoms with Gasteiger partial charge in [0.2, 0.25) is 11.6 Å². The number of hydrogen-bond acceptors (Lipinski definition) is 9. The van der Waals surface area contributed by atoms with Crippen LogP contribution in [0.1, 0.15) is 37.7 Å². The summed E-state index contributed by atoms with van der Waals surface area (Å²) in [6.07, 6.45) is 2.98. The number of ketones is 2. The molecule has 270 valence electrons. The van der Waals surface area contributed by atoms with Gasteiger partial charge >= 0.3 is 0 Å². The topological polar surface area (TPSA) is 161 Å². The summed E-state index contributed by atoms with van der Waals surface area (Å²) in [6, 6.07) is 30.9. The smallest absolute Gasteiger partial charge is 0.261 e. The molecule has 0 aliphatic rings. The predicted octanol–water partition coefficient (Wildman–Crippen LogP) is 7.85. The van der Waals surface area contributed by atoms with E-state index >= 15 is 0 Å². The van der Waals surface area contributed by atoms with Gasteiger partial charge in [-0.2, -0.15) is 0 Å². The van der Waals surface area contributed by atoms with Crippen molar-refractivity contribution in [3.8, 4) is 5.75 Å². The number of hydrogen-bond donors (Lipinski definition) is 2. The Labute approximate surface area is 316 Å². The van der Waals surface area contributed by atoms with E-state index in [4.69, 9.17) is 27.9 Å². The zero-order valence-corrected chi connectivity index (χ0v) is 31.2. The fraction of sp³-hybridized carbons (Fsp3) is 0.0526. The number of carbonyl (C=O) groups is 2. The molecule has 6 rings (SSSR count). The molecular weight excluding hydrogens is 759 g/mol. The minimum absolute atomic E-state index is 0.0366. The lowest BCUT2D eigenvalue weighted by molar-refractivity contribution is 0.102. The fourth-order valence-electron chi connectivity index (χ4n) is 4.74. The van der Waals surface area contributed by atoms with Gasteiger partial charge in [-0.3, -0.25) is 29.0 Å². The maximum atomic E-state index is 12.8. The number of benzene rings is 4. The molecule has 0 aliphatic carbocycles. The van der Waals surface area contributed by atoms with Gasteiger partial charge in [-0.15, -0.1) is 0 Å². The first kappa shape index (κ1) is 38.6. The molecule has 0 bridgehead atoms. The monoisotopic (exact) mass is 788 g/mol. The second-order valence-corrected chi connectivity index (χ2v) is 15.4. The summed E-state index contributed by atoms with van der Waals surface area (Å²) in [4.78, 5) is 33.7. The molecule has 0 fully saturated rings. The van der Waals surface area contributed by atoms with E-state index in [1.165, 1.54) is 92.3 Å². The van der Waals surface area contributed by atoms with Gasteiger partial charge in [-0.25, -0.2) is 16.8 Å². The van der Waals surface area contributed by atoms with E-state index in [1.54, 1.807) is 48.5 Å². The number of anilines is 2. The zero-order chi connectivity index (χ0) is 38.2. The maximum Gasteiger partial charge on any atom is 0.261 e. The van der Waals surface area contributed by atoms with Crippen molar-refractivity contribution in [2.45, 2.75) is 16.7 Å². The molecule has 2 aromatic heterocycles. The van der Waals surface area contributed by atoms with Crippen LogP contribution in [-0.2, 0) is 20.0 Å². The van der Waals surface area contributed by atoms with Crippen molar-refractivity contribution in [3.05, 3.63) is 172 Å². The van der Waals surface area contributed by atoms with Crippen LogP contribution in [0.15, 0.2) is 144 Å². The largest absolute Gasteiger partial charge is 0.497 e. The molecule has 0 unspecified atom stereocenters. The first-order valence-corrected chi connectivity index (χ1v) is 19.3. The van der Waals surface area contributed by atoms with Gasteiger partial charge in [0.1, 0.15) is 17.1 Å². The van der Waals surface area contributed by atoms with Crippen molar-refractivity contribution in [2.24, 2.45) is 0 Å². The van der Waals surface area contributed by atoms with Crippen molar-refractivity contribution in [2.75, 3.05) is 16.6 Å². The van der Waals surface area contributed by atoms with Gasteiger partial charge in [0.05, 0.1) is 28.3 Å². The summed E-state index contributed by atoms with van der Waals surface area (Å²) in [5, 5.41) is 0.629. The summed E-state index contributed by atoms with van der Waals surface area (Å²) in [5.41, 5.74) is 1.83. The van der Waals surface area contributed by atoms with Gasteiger partial charge in [0, 0.05) is 33.6 Å². The molecule has 53 heavy (non-hydrogen) atoms. The van der Waals surface area contributed by atoms with Gasteiger partial charge < -0.3 is 4.74 Å². The quantitative estimate of drug-likeness (QED) is 0.125. The maximum absolute atomic E-state index is 12.8. The molecule has 6 aromatic rings. The summed E-state index contributed by atoms with van der Waals surface area (Å²) >= 11 is 12.0. The summed E-state index contributed by atoms with van der Waals surface area (Å²) in [6.45, 7) is 1.87. The Bertz CT molecular complexity index is 2470. The number of pyridine rings is 2. The lowest BCUT2D eigenvalue weighted by Crippen LogP contribution is -2.16. The summed E-state index contributed by atoms with van der Waals surface area (Å²) < 4.78 is 60.6. The van der Waals surface area contributed by atoms with Crippen molar-refractivity contribution in [3.63, 3.8) is 0 Å². The Kier molecular flexibility index (Phi) is 12.3. The van der Waals surface area contributed by atoms with Crippen molar-refractivity contribution in [1.82, 2.24) is 9.97 Å². The minimum Gasteiger partial charge on any atom is -0.497 e. The van der Waals surface area contributed by atoms with Crippen LogP contribution < -0.4 is 14.2 Å². The molecule has 4 aromatic carbocycles. The van der Waals surface area contributed by atoms with Crippen LogP contribution in [0.2, 0.25) is 10.0 Å². The van der Waals surface area contributed by atoms with Crippen molar-refractivity contribution >= 4 is 66.2 Å². The van der Waals surface area contributed by atoms with E-state index < -0.39 is 31.6 Å². The number of nitrogens with one attached hydrogen (secondary N) is 2. The standard InChI is InChI=1S/C19H15ClN2O4S.C19H15ClN2O3S/c1-26-14-6-8-15(9-7-14)27(24,25)22-17-10-5-13(20)12-16(17)19(23)18-4-2-3-11-21-18;1-13-5-8-15(9-6-13)26(24,25)22-17-10-7-14(20)12-16(17)19(23)18-4-2-3-11-21-18/h2-12,22H,1H3;2-12,22H,1H3. The third kappa shape index (κ3) is 9.84. The highest BCUT2D eigenvalue weighted by Gasteiger charge is 2.22. The van der Waals surface area contributed by atoms with Gasteiger partial charge in [-0.05, 0) is 104 Å². The van der Waals surface area contributed by atoms with Gasteiger partial charge in [0.25, 0.3) is 20.0 Å². The summed E-state index contributed by atoms with van der Waals surface area (Å²) in [7, 11) is -6.27. The van der Waals surface area contributed by atoms with Gasteiger partial charge in [0.15, 0.2) is 0 Å². The average Bonchev–Trinajstić information content (AvgIpc) is 3.16. The molecule has 15 heteroatoms. The van der Waals surface area contributed by atoms with E-state index in [0.29, 0.717) is 15.8 Å². The molecule has 11 nitrogen and oxygen atoms in total. The van der Waals surface area contributed by atoms with Crippen LogP contribution in [0.5, 0.6) is 5.75 Å². The molecule has 0 atom stereocenters. The number of aromatic nitrogens is 2. The Morgan fingerprint density at radius 1 is 0.585 bits per heavy atom. The second kappa shape index (κ2) is 16.8. The Morgan fingerprint density at radius 3 is 1.38 bits per heavy atom.